The summed E-state index contributed by atoms with van der Waals surface area (Å²) in [7, 11) is 0. The number of nitrogens with two attached hydrogens (primary N) is 2. The van der Waals surface area contributed by atoms with E-state index in [0.717, 1.165) is 12.0 Å². The third-order valence-corrected chi connectivity index (χ3v) is 4.80. The molecule has 0 radical (unpaired) electrons. The summed E-state index contributed by atoms with van der Waals surface area (Å²) in [5.74, 6) is 0.346. The van der Waals surface area contributed by atoms with E-state index in [0.29, 0.717) is 52.5 Å². The van der Waals surface area contributed by atoms with Gasteiger partial charge in [-0.25, -0.2) is 14.4 Å². The van der Waals surface area contributed by atoms with Gasteiger partial charge in [-0.1, -0.05) is 30.3 Å². The highest BCUT2D eigenvalue weighted by Crippen LogP contribution is 2.31. The van der Waals surface area contributed by atoms with Crippen molar-refractivity contribution in [2.24, 2.45) is 16.5 Å². The zero-order chi connectivity index (χ0) is 21.6. The Morgan fingerprint density at radius 3 is 2.58 bits per heavy atom. The first kappa shape index (κ1) is 20.4. The number of halogens is 1. The second-order valence-electron chi connectivity index (χ2n) is 6.93. The first-order chi connectivity index (χ1) is 15.2. The van der Waals surface area contributed by atoms with Gasteiger partial charge in [-0.05, 0) is 48.9 Å². The Labute approximate surface area is 179 Å². The number of aromatic nitrogens is 2. The number of hydrogen-bond acceptors (Lipinski definition) is 6. The Morgan fingerprint density at radius 1 is 1.06 bits per heavy atom. The van der Waals surface area contributed by atoms with Crippen molar-refractivity contribution in [3.8, 4) is 11.3 Å². The van der Waals surface area contributed by atoms with E-state index < -0.39 is 0 Å². The number of fused-ring (bicyclic) bond motifs is 1. The van der Waals surface area contributed by atoms with Gasteiger partial charge in [0.15, 0.2) is 0 Å². The van der Waals surface area contributed by atoms with Crippen molar-refractivity contribution in [3.05, 3.63) is 84.1 Å². The van der Waals surface area contributed by atoms with Crippen LogP contribution in [0.5, 0.6) is 0 Å². The summed E-state index contributed by atoms with van der Waals surface area (Å²) in [6.45, 7) is 1.11. The van der Waals surface area contributed by atoms with Crippen LogP contribution in [0.4, 0.5) is 4.39 Å². The summed E-state index contributed by atoms with van der Waals surface area (Å²) in [4.78, 5) is 13.2. The summed E-state index contributed by atoms with van der Waals surface area (Å²) < 4.78 is 19.4. The molecule has 0 aliphatic heterocycles. The van der Waals surface area contributed by atoms with E-state index in [2.05, 4.69) is 15.0 Å². The van der Waals surface area contributed by atoms with E-state index in [1.165, 1.54) is 18.5 Å². The monoisotopic (exact) mass is 415 g/mol. The molecular weight excluding hydrogens is 393 g/mol. The van der Waals surface area contributed by atoms with Crippen molar-refractivity contribution in [3.63, 3.8) is 0 Å². The fourth-order valence-corrected chi connectivity index (χ4v) is 3.20. The highest BCUT2D eigenvalue weighted by Gasteiger charge is 2.17. The number of rotatable bonds is 7. The average Bonchev–Trinajstić information content (AvgIpc) is 3.25. The van der Waals surface area contributed by atoms with E-state index >= 15 is 0 Å². The molecule has 0 saturated heterocycles. The molecule has 156 valence electrons. The smallest absolute Gasteiger partial charge is 0.230 e. The van der Waals surface area contributed by atoms with Crippen molar-refractivity contribution < 1.29 is 8.81 Å². The Hall–Kier alpha value is -3.84. The molecule has 0 unspecified atom stereocenters. The molecule has 0 atom stereocenters. The summed E-state index contributed by atoms with van der Waals surface area (Å²) in [5.41, 5.74) is 15.7. The Bertz CT molecular complexity index is 1230. The lowest BCUT2D eigenvalue weighted by Gasteiger charge is -2.09. The van der Waals surface area contributed by atoms with Crippen LogP contribution in [0.25, 0.3) is 33.7 Å². The lowest BCUT2D eigenvalue weighted by atomic mass is 10.0. The maximum atomic E-state index is 13.4. The summed E-state index contributed by atoms with van der Waals surface area (Å²) in [6, 6.07) is 17.6. The van der Waals surface area contributed by atoms with Crippen LogP contribution in [0.1, 0.15) is 17.7 Å². The molecule has 7 heteroatoms. The van der Waals surface area contributed by atoms with Gasteiger partial charge in [-0.15, -0.1) is 0 Å². The van der Waals surface area contributed by atoms with Crippen LogP contribution in [0.3, 0.4) is 0 Å². The van der Waals surface area contributed by atoms with Gasteiger partial charge in [0.25, 0.3) is 0 Å². The van der Waals surface area contributed by atoms with Gasteiger partial charge in [0.1, 0.15) is 17.9 Å². The first-order valence-electron chi connectivity index (χ1n) is 9.93. The van der Waals surface area contributed by atoms with Crippen molar-refractivity contribution in [2.45, 2.75) is 6.42 Å². The van der Waals surface area contributed by atoms with Crippen molar-refractivity contribution in [1.82, 2.24) is 9.97 Å². The van der Waals surface area contributed by atoms with Crippen LogP contribution in [-0.4, -0.2) is 29.3 Å². The Kier molecular flexibility index (Phi) is 6.14. The topological polar surface area (TPSA) is 103 Å². The van der Waals surface area contributed by atoms with Gasteiger partial charge < -0.3 is 15.9 Å². The number of aliphatic imine (C=N–C) groups is 1. The van der Waals surface area contributed by atoms with Crippen LogP contribution in [-0.2, 0) is 0 Å². The minimum Gasteiger partial charge on any atom is -0.438 e. The molecule has 0 amide bonds. The van der Waals surface area contributed by atoms with E-state index in [1.54, 1.807) is 18.3 Å². The van der Waals surface area contributed by atoms with E-state index in [-0.39, 0.29) is 5.82 Å². The normalized spacial score (nSPS) is 12.5. The number of hydrogen-bond donors (Lipinski definition) is 2. The second-order valence-corrected chi connectivity index (χ2v) is 6.93. The number of nitrogens with zero attached hydrogens (tertiary/aromatic N) is 3. The van der Waals surface area contributed by atoms with Crippen molar-refractivity contribution >= 4 is 28.6 Å². The standard InChI is InChI=1S/C24H22FN5O/c25-18-9-7-17(8-10-18)22(27)20(14-28-12-4-11-26)23-19-13-21(16-5-2-1-3-6-16)31-24(19)30-15-29-23/h1-3,5-10,13-15H,4,11-12,26-27H2/b22-20+,28-14?. The average molecular weight is 415 g/mol. The zero-order valence-corrected chi connectivity index (χ0v) is 16.8. The van der Waals surface area contributed by atoms with Gasteiger partial charge in [-0.2, -0.15) is 0 Å². The molecule has 0 bridgehead atoms. The molecule has 0 fully saturated rings. The molecule has 4 aromatic rings. The van der Waals surface area contributed by atoms with Crippen molar-refractivity contribution in [1.29, 1.82) is 0 Å². The minimum absolute atomic E-state index is 0.332. The van der Waals surface area contributed by atoms with Crippen LogP contribution >= 0.6 is 0 Å². The SMILES string of the molecule is NCCCN=C/C(=C(\N)c1ccc(F)cc1)c1ncnc2oc(-c3ccccc3)cc12. The van der Waals surface area contributed by atoms with E-state index in [4.69, 9.17) is 15.9 Å². The van der Waals surface area contributed by atoms with Crippen LogP contribution in [0.15, 0.2) is 76.4 Å². The summed E-state index contributed by atoms with van der Waals surface area (Å²) in [5, 5.41) is 0.715. The van der Waals surface area contributed by atoms with Crippen LogP contribution in [0.2, 0.25) is 0 Å². The fourth-order valence-electron chi connectivity index (χ4n) is 3.20. The molecule has 0 aliphatic carbocycles. The summed E-state index contributed by atoms with van der Waals surface area (Å²) >= 11 is 0. The third kappa shape index (κ3) is 4.51. The lowest BCUT2D eigenvalue weighted by molar-refractivity contribution is 0.617. The van der Waals surface area contributed by atoms with Gasteiger partial charge >= 0.3 is 0 Å². The first-order valence-corrected chi connectivity index (χ1v) is 9.93. The molecule has 0 saturated carbocycles. The molecule has 4 N–H and O–H groups in total. The van der Waals surface area contributed by atoms with Crippen LogP contribution in [0, 0.1) is 5.82 Å². The Balaban J connectivity index is 1.86. The molecule has 31 heavy (non-hydrogen) atoms. The predicted molar refractivity (Wildman–Crippen MR) is 122 cm³/mol. The van der Waals surface area contributed by atoms with Crippen LogP contribution < -0.4 is 11.5 Å². The van der Waals surface area contributed by atoms with E-state index in [1.807, 2.05) is 36.4 Å². The van der Waals surface area contributed by atoms with Gasteiger partial charge in [0.05, 0.1) is 11.1 Å². The maximum absolute atomic E-state index is 13.4. The lowest BCUT2D eigenvalue weighted by Crippen LogP contribution is -2.06. The second kappa shape index (κ2) is 9.32. The molecule has 2 aromatic carbocycles. The summed E-state index contributed by atoms with van der Waals surface area (Å²) in [6.07, 6.45) is 3.87. The molecule has 6 nitrogen and oxygen atoms in total. The predicted octanol–water partition coefficient (Wildman–Crippen LogP) is 4.28. The molecule has 2 heterocycles. The molecular formula is C24H22FN5O. The highest BCUT2D eigenvalue weighted by atomic mass is 19.1. The fraction of sp³-hybridized carbons (Fsp3) is 0.125. The Morgan fingerprint density at radius 2 is 1.84 bits per heavy atom. The molecule has 4 rings (SSSR count). The number of allylic oxidation sites excluding steroid dienone is 1. The molecule has 0 aliphatic rings. The number of benzene rings is 2. The van der Waals surface area contributed by atoms with E-state index in [9.17, 15) is 4.39 Å². The number of furan rings is 1. The third-order valence-electron chi connectivity index (χ3n) is 4.80. The van der Waals surface area contributed by atoms with Crippen molar-refractivity contribution in [2.75, 3.05) is 13.1 Å². The molecule has 0 spiro atoms. The quantitative estimate of drug-likeness (QED) is 0.346. The minimum atomic E-state index is -0.332. The van der Waals surface area contributed by atoms with Gasteiger partial charge in [0.2, 0.25) is 5.71 Å². The molecule has 2 aromatic heterocycles. The highest BCUT2D eigenvalue weighted by molar-refractivity contribution is 6.21. The largest absolute Gasteiger partial charge is 0.438 e. The van der Waals surface area contributed by atoms with Gasteiger partial charge in [-0.3, -0.25) is 4.99 Å². The van der Waals surface area contributed by atoms with Gasteiger partial charge in [0, 0.05) is 29.6 Å². The zero-order valence-electron chi connectivity index (χ0n) is 16.8. The maximum Gasteiger partial charge on any atom is 0.230 e.